The van der Waals surface area contributed by atoms with Gasteiger partial charge in [-0.05, 0) is 115 Å². The average molecular weight is 1560 g/mol. The van der Waals surface area contributed by atoms with Crippen LogP contribution in [-0.2, 0) is 4.74 Å². The summed E-state index contributed by atoms with van der Waals surface area (Å²) in [6.07, 6.45) is 20.4. The van der Waals surface area contributed by atoms with Gasteiger partial charge in [-0.15, -0.1) is 14.8 Å². The van der Waals surface area contributed by atoms with E-state index >= 15 is 0 Å². The van der Waals surface area contributed by atoms with E-state index in [0.717, 1.165) is 150 Å². The normalized spacial score (nSPS) is 17.1. The van der Waals surface area contributed by atoms with E-state index in [2.05, 4.69) is 135 Å². The van der Waals surface area contributed by atoms with E-state index in [0.29, 0.717) is 109 Å². The summed E-state index contributed by atoms with van der Waals surface area (Å²) in [4.78, 5) is 112. The van der Waals surface area contributed by atoms with Crippen LogP contribution in [0, 0.1) is 34.6 Å². The van der Waals surface area contributed by atoms with Gasteiger partial charge in [-0.25, -0.2) is 53.4 Å². The number of nitrogens with one attached hydrogen (secondary N) is 3. The Balaban J connectivity index is 0.000000103. The lowest BCUT2D eigenvalue weighted by atomic mass is 10.1. The van der Waals surface area contributed by atoms with Crippen molar-refractivity contribution in [2.75, 3.05) is 124 Å². The Labute approximate surface area is 659 Å². The van der Waals surface area contributed by atoms with Gasteiger partial charge in [0.2, 0.25) is 0 Å². The Bertz CT molecular complexity index is 6760. The number of pyridine rings is 4. The van der Waals surface area contributed by atoms with Crippen molar-refractivity contribution in [2.45, 2.75) is 72.0 Å². The molecule has 5 saturated heterocycles. The molecule has 1 saturated carbocycles. The summed E-state index contributed by atoms with van der Waals surface area (Å²) in [6, 6.07) is 24.7. The van der Waals surface area contributed by atoms with Crippen molar-refractivity contribution in [1.82, 2.24) is 137 Å². The molecule has 22 rings (SSSR count). The van der Waals surface area contributed by atoms with Gasteiger partial charge in [-0.1, -0.05) is 0 Å². The zero-order valence-corrected chi connectivity index (χ0v) is 64.7. The van der Waals surface area contributed by atoms with Crippen LogP contribution in [0.2, 0.25) is 0 Å². The molecule has 0 aromatic carbocycles. The van der Waals surface area contributed by atoms with Crippen molar-refractivity contribution in [2.24, 2.45) is 0 Å². The number of fused-ring (bicyclic) bond motifs is 8. The van der Waals surface area contributed by atoms with E-state index in [4.69, 9.17) is 9.72 Å². The summed E-state index contributed by atoms with van der Waals surface area (Å²) in [5.41, 5.74) is 13.0. The minimum absolute atomic E-state index is 0.113. The summed E-state index contributed by atoms with van der Waals surface area (Å²) in [5.74, 6) is 4.15. The Morgan fingerprint density at radius 2 is 0.879 bits per heavy atom. The van der Waals surface area contributed by atoms with Crippen LogP contribution in [0.4, 0.5) is 22.7 Å². The minimum atomic E-state index is -0.128. The van der Waals surface area contributed by atoms with Crippen LogP contribution in [0.15, 0.2) is 160 Å². The second kappa shape index (κ2) is 29.9. The van der Waals surface area contributed by atoms with E-state index in [1.807, 2.05) is 102 Å². The quantitative estimate of drug-likeness (QED) is 0.186. The number of nitrogens with zero attached hydrogens (tertiary/aromatic N) is 29. The van der Waals surface area contributed by atoms with Gasteiger partial charge in [0, 0.05) is 206 Å². The molecule has 37 nitrogen and oxygen atoms in total. The zero-order chi connectivity index (χ0) is 79.0. The number of hydrogen-bond donors (Lipinski definition) is 3. The van der Waals surface area contributed by atoms with E-state index in [9.17, 15) is 19.2 Å². The predicted octanol–water partition coefficient (Wildman–Crippen LogP) is 3.41. The molecule has 116 heavy (non-hydrogen) atoms. The molecule has 1 atom stereocenters. The van der Waals surface area contributed by atoms with Crippen molar-refractivity contribution in [3.63, 3.8) is 0 Å². The van der Waals surface area contributed by atoms with E-state index in [1.54, 1.807) is 74.4 Å². The topological polar surface area (TPSA) is 371 Å². The molecule has 6 aliphatic rings. The third-order valence-corrected chi connectivity index (χ3v) is 21.9. The van der Waals surface area contributed by atoms with Gasteiger partial charge in [-0.3, -0.25) is 41.7 Å². The van der Waals surface area contributed by atoms with Crippen LogP contribution in [0.1, 0.15) is 48.6 Å². The van der Waals surface area contributed by atoms with Crippen LogP contribution >= 0.6 is 0 Å². The molecule has 21 heterocycles. The number of piperazine rings is 4. The molecular weight excluding hydrogens is 1480 g/mol. The SMILES string of the molecule is Cc1nc2ccc(-c3cc(=O)n4cc(N5CCNCC5)cc(C)c4n3)nn2n1.Cc1nc2ncc(-c3cc(=O)n4cc(N5CCN(C6COC6)CC5)ccc4n3)cn2n1.Cc1nc2ncc(-c3cc(=O)n4cc(N5CCNC6(CC6)C5)ccc4n3)cn2n1.Cc1nc2ncc(-c3cc(=O)n4cc(N5CCN[C@@H](C)C5)ccc4n3)cn2n1. The van der Waals surface area contributed by atoms with Crippen LogP contribution in [0.3, 0.4) is 0 Å². The first-order valence-electron chi connectivity index (χ1n) is 38.8. The number of aryl methyl sites for hydroxylation is 5. The maximum absolute atomic E-state index is 12.9. The molecule has 0 amide bonds. The Kier molecular flexibility index (Phi) is 18.8. The Morgan fingerprint density at radius 1 is 0.414 bits per heavy atom. The highest BCUT2D eigenvalue weighted by Crippen LogP contribution is 2.39. The molecule has 3 N–H and O–H groups in total. The molecule has 0 radical (unpaired) electrons. The maximum atomic E-state index is 12.9. The minimum Gasteiger partial charge on any atom is -0.378 e. The molecule has 37 heteroatoms. The third-order valence-electron chi connectivity index (χ3n) is 21.9. The molecule has 0 unspecified atom stereocenters. The Hall–Kier alpha value is -13.4. The second-order valence-electron chi connectivity index (χ2n) is 30.2. The van der Waals surface area contributed by atoms with Crippen molar-refractivity contribution in [3.05, 3.63) is 211 Å². The molecule has 1 spiro atoms. The van der Waals surface area contributed by atoms with Gasteiger partial charge in [0.1, 0.15) is 51.6 Å². The van der Waals surface area contributed by atoms with Crippen LogP contribution in [-0.4, -0.2) is 243 Å². The van der Waals surface area contributed by atoms with Crippen molar-refractivity contribution >= 4 is 68.3 Å². The molecule has 16 aromatic rings. The number of hydrogen-bond acceptors (Lipinski definition) is 29. The smallest absolute Gasteiger partial charge is 0.258 e. The highest BCUT2D eigenvalue weighted by Gasteiger charge is 2.45. The van der Waals surface area contributed by atoms with Crippen molar-refractivity contribution in [3.8, 4) is 45.2 Å². The molecule has 6 fully saturated rings. The molecule has 16 aromatic heterocycles. The highest BCUT2D eigenvalue weighted by molar-refractivity contribution is 5.67. The third kappa shape index (κ3) is 14.7. The molecule has 5 aliphatic heterocycles. The summed E-state index contributed by atoms with van der Waals surface area (Å²) in [7, 11) is 0. The second-order valence-corrected chi connectivity index (χ2v) is 30.2. The first-order valence-corrected chi connectivity index (χ1v) is 38.8. The largest absolute Gasteiger partial charge is 0.378 e. The highest BCUT2D eigenvalue weighted by atomic mass is 16.5. The zero-order valence-electron chi connectivity index (χ0n) is 64.7. The lowest BCUT2D eigenvalue weighted by Crippen LogP contribution is -2.56. The van der Waals surface area contributed by atoms with Gasteiger partial charge in [-0.2, -0.15) is 30.2 Å². The molecule has 0 bridgehead atoms. The fourth-order valence-corrected chi connectivity index (χ4v) is 15.5. The first kappa shape index (κ1) is 72.9. The van der Waals surface area contributed by atoms with E-state index < -0.39 is 0 Å². The lowest BCUT2D eigenvalue weighted by molar-refractivity contribution is -0.0660. The fraction of sp³-hybridized carbons (Fsp3) is 0.342. The summed E-state index contributed by atoms with van der Waals surface area (Å²) in [6.45, 7) is 26.4. The predicted molar refractivity (Wildman–Crippen MR) is 434 cm³/mol. The number of anilines is 4. The Morgan fingerprint density at radius 3 is 1.40 bits per heavy atom. The van der Waals surface area contributed by atoms with E-state index in [-0.39, 0.29) is 27.8 Å². The number of aromatic nitrogens is 24. The standard InChI is InChI=1S/C21H22N8O2.C20H20N8O.2C19H20N8O/c1-14-23-21-22-9-15(10-29(21)25-14)18-8-20(30)28-11-16(2-3-19(28)24-18)26-4-6-27(7-5-26)17-12-31-13-17;1-13-23-19-21-9-14(10-28(19)25-13)16-8-18(29)27-11-15(2-3-17(27)24-16)26-7-6-22-20(12-26)4-5-20;1-12-9-14(25-7-5-20-6-8-25)11-26-18(28)10-16(22-19(12)26)15-3-4-17-21-13(2)23-27(17)24-15;1-12-9-25(6-5-20-12)15-3-4-17-23-16(7-18(28)26(17)11-15)14-8-21-19-22-13(2)24-27(19)10-14/h2-3,8-11,17H,4-7,12-13H2,1H3;2-3,8-11,22H,4-7,12H2,1H3;3-4,9-11,20H,5-8H2,1-2H3;3-4,7-8,10-12,20H,5-6,9H2,1-2H3/t;;;12-/m...0/s1. The molecular formula is C79H82N32O5. The summed E-state index contributed by atoms with van der Waals surface area (Å²) < 4.78 is 18.0. The van der Waals surface area contributed by atoms with Crippen molar-refractivity contribution in [1.29, 1.82) is 0 Å². The van der Waals surface area contributed by atoms with Crippen molar-refractivity contribution < 1.29 is 4.74 Å². The van der Waals surface area contributed by atoms with Gasteiger partial charge in [0.05, 0.1) is 64.8 Å². The van der Waals surface area contributed by atoms with E-state index in [1.165, 1.54) is 35.7 Å². The monoisotopic (exact) mass is 1560 g/mol. The molecule has 1 aliphatic carbocycles. The first-order chi connectivity index (χ1) is 56.4. The molecule has 588 valence electrons. The van der Waals surface area contributed by atoms with Gasteiger partial charge in [0.25, 0.3) is 39.6 Å². The number of rotatable bonds is 9. The maximum Gasteiger partial charge on any atom is 0.258 e. The van der Waals surface area contributed by atoms with Gasteiger partial charge < -0.3 is 40.3 Å². The lowest BCUT2D eigenvalue weighted by Gasteiger charge is -2.43. The summed E-state index contributed by atoms with van der Waals surface area (Å²) in [5, 5.41) is 31.9. The van der Waals surface area contributed by atoms with Crippen LogP contribution < -0.4 is 57.8 Å². The fourth-order valence-electron chi connectivity index (χ4n) is 15.5. The van der Waals surface area contributed by atoms with Gasteiger partial charge in [0.15, 0.2) is 5.65 Å². The summed E-state index contributed by atoms with van der Waals surface area (Å²) >= 11 is 0. The van der Waals surface area contributed by atoms with Gasteiger partial charge >= 0.3 is 0 Å². The van der Waals surface area contributed by atoms with Crippen LogP contribution in [0.5, 0.6) is 0 Å². The average Bonchev–Trinajstić information content (AvgIpc) is 1.42. The number of ether oxygens (including phenoxy) is 1. The van der Waals surface area contributed by atoms with Crippen LogP contribution in [0.25, 0.3) is 90.7 Å².